The zero-order valence-corrected chi connectivity index (χ0v) is 16.3. The number of ether oxygens (including phenoxy) is 1. The summed E-state index contributed by atoms with van der Waals surface area (Å²) >= 11 is 0. The molecule has 7 nitrogen and oxygen atoms in total. The van der Waals surface area contributed by atoms with Gasteiger partial charge in [0.05, 0.1) is 6.20 Å². The Morgan fingerprint density at radius 3 is 2.74 bits per heavy atom. The number of rotatable bonds is 6. The third-order valence-corrected chi connectivity index (χ3v) is 4.28. The van der Waals surface area contributed by atoms with E-state index in [0.717, 1.165) is 22.8 Å². The van der Waals surface area contributed by atoms with Crippen molar-refractivity contribution in [2.24, 2.45) is 0 Å². The maximum absolute atomic E-state index is 12.0. The normalized spacial score (nSPS) is 11.6. The van der Waals surface area contributed by atoms with E-state index in [1.165, 1.54) is 6.08 Å². The largest absolute Gasteiger partial charge is 0.456 e. The van der Waals surface area contributed by atoms with Crippen LogP contribution in [0.15, 0.2) is 35.0 Å². The minimum atomic E-state index is -0.423. The van der Waals surface area contributed by atoms with E-state index >= 15 is 0 Å². The van der Waals surface area contributed by atoms with Gasteiger partial charge < -0.3 is 13.8 Å². The van der Waals surface area contributed by atoms with Crippen LogP contribution in [-0.4, -0.2) is 25.5 Å². The molecule has 0 aliphatic rings. The molecule has 0 spiro atoms. The van der Waals surface area contributed by atoms with Gasteiger partial charge in [-0.05, 0) is 52.3 Å². The molecule has 3 rings (SSSR count). The molecule has 3 heterocycles. The molecule has 0 N–H and O–H groups in total. The highest BCUT2D eigenvalue weighted by Crippen LogP contribution is 2.23. The van der Waals surface area contributed by atoms with E-state index in [1.807, 2.05) is 30.7 Å². The first-order valence-corrected chi connectivity index (χ1v) is 8.86. The second-order valence-corrected chi connectivity index (χ2v) is 6.76. The molecule has 0 amide bonds. The van der Waals surface area contributed by atoms with Crippen molar-refractivity contribution in [1.29, 1.82) is 0 Å². The van der Waals surface area contributed by atoms with Crippen LogP contribution in [0, 0.1) is 20.8 Å². The second kappa shape index (κ2) is 7.65. The third-order valence-electron chi connectivity index (χ3n) is 4.28. The van der Waals surface area contributed by atoms with Gasteiger partial charge in [0.2, 0.25) is 0 Å². The Kier molecular flexibility index (Phi) is 5.30. The van der Waals surface area contributed by atoms with Crippen molar-refractivity contribution in [3.63, 3.8) is 0 Å². The zero-order valence-electron chi connectivity index (χ0n) is 16.3. The second-order valence-electron chi connectivity index (χ2n) is 6.76. The fourth-order valence-electron chi connectivity index (χ4n) is 3.03. The summed E-state index contributed by atoms with van der Waals surface area (Å²) in [5, 5.41) is 8.20. The van der Waals surface area contributed by atoms with Crippen LogP contribution in [0.3, 0.4) is 0 Å². The van der Waals surface area contributed by atoms with Gasteiger partial charge in [0.15, 0.2) is 0 Å². The summed E-state index contributed by atoms with van der Waals surface area (Å²) < 4.78 is 14.3. The zero-order chi connectivity index (χ0) is 19.6. The van der Waals surface area contributed by atoms with Gasteiger partial charge in [-0.25, -0.2) is 9.48 Å². The quantitative estimate of drug-likeness (QED) is 0.487. The monoisotopic (exact) mass is 368 g/mol. The summed E-state index contributed by atoms with van der Waals surface area (Å²) in [6.07, 6.45) is 5.00. The minimum absolute atomic E-state index is 0.0904. The van der Waals surface area contributed by atoms with Gasteiger partial charge >= 0.3 is 5.97 Å². The van der Waals surface area contributed by atoms with E-state index in [4.69, 9.17) is 9.26 Å². The number of nitrogens with zero attached hydrogens (tertiary/aromatic N) is 4. The van der Waals surface area contributed by atoms with Gasteiger partial charge in [0.25, 0.3) is 0 Å². The molecule has 27 heavy (non-hydrogen) atoms. The molecule has 0 fully saturated rings. The van der Waals surface area contributed by atoms with Gasteiger partial charge in [-0.2, -0.15) is 5.10 Å². The molecule has 3 aromatic rings. The van der Waals surface area contributed by atoms with Crippen molar-refractivity contribution in [2.45, 2.75) is 47.3 Å². The smallest absolute Gasteiger partial charge is 0.331 e. The van der Waals surface area contributed by atoms with Gasteiger partial charge in [-0.15, -0.1) is 0 Å². The van der Waals surface area contributed by atoms with Gasteiger partial charge in [0.1, 0.15) is 23.9 Å². The Hall–Kier alpha value is -3.09. The molecule has 0 saturated heterocycles. The lowest BCUT2D eigenvalue weighted by molar-refractivity contribution is -0.139. The first kappa shape index (κ1) is 18.7. The number of aromatic nitrogens is 4. The van der Waals surface area contributed by atoms with Crippen LogP contribution in [0.5, 0.6) is 0 Å². The average molecular weight is 368 g/mol. The summed E-state index contributed by atoms with van der Waals surface area (Å²) in [7, 11) is 0. The molecule has 0 aromatic carbocycles. The predicted octanol–water partition coefficient (Wildman–Crippen LogP) is 3.92. The first-order chi connectivity index (χ1) is 12.9. The van der Waals surface area contributed by atoms with E-state index in [0.29, 0.717) is 11.5 Å². The molecular weight excluding hydrogens is 344 g/mol. The number of carbonyl (C=O) groups is 1. The maximum atomic E-state index is 12.0. The highest BCUT2D eigenvalue weighted by Gasteiger charge is 2.14. The number of carbonyl (C=O) groups excluding carboxylic acids is 1. The summed E-state index contributed by atoms with van der Waals surface area (Å²) in [5.74, 6) is 1.26. The SMILES string of the molecule is Cc1cc(COC(=O)/C=C/c2cc(C)n(-c3ccnn3C(C)C)c2C)no1. The Bertz CT molecular complexity index is 975. The Labute approximate surface area is 158 Å². The van der Waals surface area contributed by atoms with Crippen molar-refractivity contribution in [2.75, 3.05) is 0 Å². The average Bonchev–Trinajstić information content (AvgIpc) is 3.31. The standard InChI is InChI=1S/C20H24N4O3/c1-13(2)24-19(8-9-21-24)23-14(3)10-17(16(23)5)6-7-20(25)26-12-18-11-15(4)27-22-18/h6-11,13H,12H2,1-5H3/b7-6+. The van der Waals surface area contributed by atoms with Crippen LogP contribution in [0.1, 0.15) is 48.3 Å². The topological polar surface area (TPSA) is 75.1 Å². The minimum Gasteiger partial charge on any atom is -0.456 e. The van der Waals surface area contributed by atoms with Crippen molar-refractivity contribution in [1.82, 2.24) is 19.5 Å². The fourth-order valence-corrected chi connectivity index (χ4v) is 3.03. The molecule has 0 bridgehead atoms. The van der Waals surface area contributed by atoms with Crippen LogP contribution < -0.4 is 0 Å². The van der Waals surface area contributed by atoms with E-state index in [-0.39, 0.29) is 12.6 Å². The van der Waals surface area contributed by atoms with Crippen molar-refractivity contribution >= 4 is 12.0 Å². The van der Waals surface area contributed by atoms with Crippen LogP contribution >= 0.6 is 0 Å². The molecule has 0 atom stereocenters. The molecule has 0 saturated carbocycles. The van der Waals surface area contributed by atoms with Crippen LogP contribution in [0.4, 0.5) is 0 Å². The molecule has 3 aromatic heterocycles. The Balaban J connectivity index is 1.75. The van der Waals surface area contributed by atoms with Crippen molar-refractivity contribution < 1.29 is 14.1 Å². The molecular formula is C20H24N4O3. The van der Waals surface area contributed by atoms with Crippen molar-refractivity contribution in [3.05, 3.63) is 58.9 Å². The molecule has 7 heteroatoms. The summed E-state index contributed by atoms with van der Waals surface area (Å²) in [5.41, 5.74) is 3.65. The van der Waals surface area contributed by atoms with Crippen LogP contribution in [-0.2, 0) is 16.1 Å². The van der Waals surface area contributed by atoms with Gasteiger partial charge in [0, 0.05) is 35.6 Å². The lowest BCUT2D eigenvalue weighted by Crippen LogP contribution is -2.11. The molecule has 0 aliphatic heterocycles. The highest BCUT2D eigenvalue weighted by atomic mass is 16.5. The molecule has 0 unspecified atom stereocenters. The summed E-state index contributed by atoms with van der Waals surface area (Å²) in [4.78, 5) is 12.0. The first-order valence-electron chi connectivity index (χ1n) is 8.86. The van der Waals surface area contributed by atoms with E-state index in [1.54, 1.807) is 25.3 Å². The van der Waals surface area contributed by atoms with E-state index < -0.39 is 5.97 Å². The Morgan fingerprint density at radius 1 is 1.30 bits per heavy atom. The van der Waals surface area contributed by atoms with E-state index in [9.17, 15) is 4.79 Å². The number of hydrogen-bond donors (Lipinski definition) is 0. The third kappa shape index (κ3) is 4.02. The highest BCUT2D eigenvalue weighted by molar-refractivity contribution is 5.87. The Morgan fingerprint density at radius 2 is 2.07 bits per heavy atom. The number of hydrogen-bond acceptors (Lipinski definition) is 5. The fraction of sp³-hybridized carbons (Fsp3) is 0.350. The van der Waals surface area contributed by atoms with Gasteiger partial charge in [-0.3, -0.25) is 0 Å². The van der Waals surface area contributed by atoms with Crippen LogP contribution in [0.25, 0.3) is 11.9 Å². The van der Waals surface area contributed by atoms with Crippen molar-refractivity contribution in [3.8, 4) is 5.82 Å². The molecule has 0 radical (unpaired) electrons. The molecule has 0 aliphatic carbocycles. The van der Waals surface area contributed by atoms with Gasteiger partial charge in [-0.1, -0.05) is 5.16 Å². The van der Waals surface area contributed by atoms with E-state index in [2.05, 4.69) is 28.7 Å². The molecule has 142 valence electrons. The summed E-state index contributed by atoms with van der Waals surface area (Å²) in [6, 6.07) is 6.02. The maximum Gasteiger partial charge on any atom is 0.331 e. The van der Waals surface area contributed by atoms with Crippen LogP contribution in [0.2, 0.25) is 0 Å². The summed E-state index contributed by atoms with van der Waals surface area (Å²) in [6.45, 7) is 10.1. The number of esters is 1. The lowest BCUT2D eigenvalue weighted by Gasteiger charge is -2.15. The lowest BCUT2D eigenvalue weighted by atomic mass is 10.2. The predicted molar refractivity (Wildman–Crippen MR) is 101 cm³/mol. The number of aryl methyl sites for hydroxylation is 2.